The van der Waals surface area contributed by atoms with E-state index in [0.29, 0.717) is 24.4 Å². The first-order valence-electron chi connectivity index (χ1n) is 8.68. The summed E-state index contributed by atoms with van der Waals surface area (Å²) in [6.45, 7) is 6.60. The van der Waals surface area contributed by atoms with E-state index >= 15 is 0 Å². The third kappa shape index (κ3) is 3.89. The number of aromatic nitrogens is 2. The molecule has 0 radical (unpaired) electrons. The molecular formula is C18H24N4O4. The fourth-order valence-electron chi connectivity index (χ4n) is 3.12. The molecule has 1 amide bonds. The number of aromatic amines is 1. The summed E-state index contributed by atoms with van der Waals surface area (Å²) < 4.78 is 5.45. The number of ether oxygens (including phenoxy) is 1. The predicted octanol–water partition coefficient (Wildman–Crippen LogP) is 3.07. The fraction of sp³-hybridized carbons (Fsp3) is 0.500. The zero-order valence-electron chi connectivity index (χ0n) is 15.2. The average molecular weight is 360 g/mol. The van der Waals surface area contributed by atoms with E-state index in [4.69, 9.17) is 4.74 Å². The molecule has 1 saturated heterocycles. The highest BCUT2D eigenvalue weighted by atomic mass is 16.6. The second-order valence-electron chi connectivity index (χ2n) is 7.50. The van der Waals surface area contributed by atoms with Gasteiger partial charge in [-0.1, -0.05) is 0 Å². The number of carboxylic acid groups (broad SMARTS) is 1. The summed E-state index contributed by atoms with van der Waals surface area (Å²) in [5.41, 5.74) is 0.722. The van der Waals surface area contributed by atoms with Crippen molar-refractivity contribution in [1.29, 1.82) is 0 Å². The highest BCUT2D eigenvalue weighted by Crippen LogP contribution is 2.28. The van der Waals surface area contributed by atoms with Gasteiger partial charge in [0.05, 0.1) is 5.69 Å². The molecule has 1 fully saturated rings. The van der Waals surface area contributed by atoms with E-state index in [2.05, 4.69) is 15.3 Å². The number of amides is 1. The second kappa shape index (κ2) is 6.86. The molecule has 2 aromatic rings. The van der Waals surface area contributed by atoms with Crippen molar-refractivity contribution in [1.82, 2.24) is 14.9 Å². The van der Waals surface area contributed by atoms with Crippen LogP contribution in [0.5, 0.6) is 0 Å². The number of nitrogens with one attached hydrogen (secondary N) is 2. The van der Waals surface area contributed by atoms with E-state index in [1.807, 2.05) is 20.8 Å². The normalized spacial score (nSPS) is 18.0. The summed E-state index contributed by atoms with van der Waals surface area (Å²) in [5.74, 6) is -1.04. The number of anilines is 1. The Balaban J connectivity index is 1.80. The number of H-pyrrole nitrogens is 1. The molecule has 0 aliphatic carbocycles. The molecule has 0 bridgehead atoms. The Hall–Kier alpha value is -2.77. The molecule has 8 nitrogen and oxygen atoms in total. The minimum Gasteiger partial charge on any atom is -0.478 e. The molecule has 3 rings (SSSR count). The van der Waals surface area contributed by atoms with Crippen molar-refractivity contribution in [3.05, 3.63) is 24.0 Å². The largest absolute Gasteiger partial charge is 0.478 e. The lowest BCUT2D eigenvalue weighted by Gasteiger charge is -2.35. The molecule has 2 aromatic heterocycles. The lowest BCUT2D eigenvalue weighted by molar-refractivity contribution is 0.0206. The highest BCUT2D eigenvalue weighted by molar-refractivity contribution is 6.03. The minimum absolute atomic E-state index is 0.0603. The SMILES string of the molecule is CC(C)(C)OC(=O)N1CCCC(Nc2c(C(=O)O)cnc3[nH]ccc23)C1. The van der Waals surface area contributed by atoms with Crippen molar-refractivity contribution in [3.63, 3.8) is 0 Å². The molecule has 0 spiro atoms. The van der Waals surface area contributed by atoms with Crippen LogP contribution in [0.4, 0.5) is 10.5 Å². The van der Waals surface area contributed by atoms with Gasteiger partial charge >= 0.3 is 12.1 Å². The van der Waals surface area contributed by atoms with Gasteiger partial charge in [-0.3, -0.25) is 0 Å². The number of fused-ring (bicyclic) bond motifs is 1. The molecule has 3 heterocycles. The first-order valence-corrected chi connectivity index (χ1v) is 8.68. The van der Waals surface area contributed by atoms with Crippen molar-refractivity contribution in [2.24, 2.45) is 0 Å². The Bertz CT molecular complexity index is 824. The highest BCUT2D eigenvalue weighted by Gasteiger charge is 2.28. The van der Waals surface area contributed by atoms with E-state index in [1.54, 1.807) is 17.2 Å². The molecule has 3 N–H and O–H groups in total. The van der Waals surface area contributed by atoms with Gasteiger partial charge in [0.2, 0.25) is 0 Å². The Morgan fingerprint density at radius 3 is 2.88 bits per heavy atom. The van der Waals surface area contributed by atoms with Crippen LogP contribution in [0.2, 0.25) is 0 Å². The summed E-state index contributed by atoms with van der Waals surface area (Å²) >= 11 is 0. The number of piperidine rings is 1. The topological polar surface area (TPSA) is 108 Å². The van der Waals surface area contributed by atoms with E-state index in [9.17, 15) is 14.7 Å². The fourth-order valence-corrected chi connectivity index (χ4v) is 3.12. The zero-order valence-corrected chi connectivity index (χ0v) is 15.2. The predicted molar refractivity (Wildman–Crippen MR) is 97.5 cm³/mol. The summed E-state index contributed by atoms with van der Waals surface area (Å²) in [7, 11) is 0. The van der Waals surface area contributed by atoms with Crippen molar-refractivity contribution in [2.45, 2.75) is 45.3 Å². The number of carboxylic acids is 1. The molecule has 1 aliphatic heterocycles. The second-order valence-corrected chi connectivity index (χ2v) is 7.50. The molecule has 1 unspecified atom stereocenters. The number of carbonyl (C=O) groups is 2. The van der Waals surface area contributed by atoms with E-state index in [0.717, 1.165) is 18.2 Å². The number of nitrogens with zero attached hydrogens (tertiary/aromatic N) is 2. The van der Waals surface area contributed by atoms with Gasteiger partial charge in [0.15, 0.2) is 0 Å². The van der Waals surface area contributed by atoms with Crippen LogP contribution in [-0.4, -0.2) is 56.8 Å². The van der Waals surface area contributed by atoms with Crippen LogP contribution in [0, 0.1) is 0 Å². The first-order chi connectivity index (χ1) is 12.2. The molecule has 140 valence electrons. The van der Waals surface area contributed by atoms with Crippen LogP contribution < -0.4 is 5.32 Å². The molecule has 1 aliphatic rings. The number of hydrogen-bond acceptors (Lipinski definition) is 5. The monoisotopic (exact) mass is 360 g/mol. The Morgan fingerprint density at radius 2 is 2.19 bits per heavy atom. The quantitative estimate of drug-likeness (QED) is 0.776. The van der Waals surface area contributed by atoms with Gasteiger partial charge in [0, 0.05) is 36.9 Å². The van der Waals surface area contributed by atoms with Gasteiger partial charge < -0.3 is 25.0 Å². The Kier molecular flexibility index (Phi) is 4.76. The third-order valence-electron chi connectivity index (χ3n) is 4.24. The van der Waals surface area contributed by atoms with E-state index in [-0.39, 0.29) is 17.7 Å². The van der Waals surface area contributed by atoms with Crippen LogP contribution in [-0.2, 0) is 4.74 Å². The van der Waals surface area contributed by atoms with Gasteiger partial charge in [0.1, 0.15) is 16.8 Å². The van der Waals surface area contributed by atoms with Gasteiger partial charge in [-0.25, -0.2) is 14.6 Å². The molecule has 0 aromatic carbocycles. The summed E-state index contributed by atoms with van der Waals surface area (Å²) in [5, 5.41) is 13.5. The maximum absolute atomic E-state index is 12.3. The van der Waals surface area contributed by atoms with Gasteiger partial charge in [-0.05, 0) is 39.7 Å². The van der Waals surface area contributed by atoms with Crippen molar-refractivity contribution >= 4 is 28.8 Å². The number of rotatable bonds is 3. The number of aromatic carboxylic acids is 1. The zero-order chi connectivity index (χ0) is 18.9. The van der Waals surface area contributed by atoms with Gasteiger partial charge in [0.25, 0.3) is 0 Å². The number of likely N-dealkylation sites (tertiary alicyclic amines) is 1. The average Bonchev–Trinajstić information content (AvgIpc) is 3.02. The van der Waals surface area contributed by atoms with E-state index in [1.165, 1.54) is 6.20 Å². The maximum Gasteiger partial charge on any atom is 0.410 e. The van der Waals surface area contributed by atoms with Crippen molar-refractivity contribution in [2.75, 3.05) is 18.4 Å². The number of hydrogen-bond donors (Lipinski definition) is 3. The molecule has 1 atom stereocenters. The van der Waals surface area contributed by atoms with E-state index < -0.39 is 11.6 Å². The van der Waals surface area contributed by atoms with Crippen molar-refractivity contribution < 1.29 is 19.4 Å². The molecular weight excluding hydrogens is 336 g/mol. The van der Waals surface area contributed by atoms with Crippen LogP contribution in [0.25, 0.3) is 11.0 Å². The van der Waals surface area contributed by atoms with Crippen molar-refractivity contribution in [3.8, 4) is 0 Å². The number of carbonyl (C=O) groups excluding carboxylic acids is 1. The number of pyridine rings is 1. The summed E-state index contributed by atoms with van der Waals surface area (Å²) in [6, 6.07) is 1.74. The molecule has 8 heteroatoms. The third-order valence-corrected chi connectivity index (χ3v) is 4.24. The standard InChI is InChI=1S/C18H24N4O4/c1-18(2,3)26-17(25)22-8-4-5-11(10-22)21-14-12-6-7-19-15(12)20-9-13(14)16(23)24/h6-7,9,11H,4-5,8,10H2,1-3H3,(H,23,24)(H2,19,20,21). The minimum atomic E-state index is -1.04. The lowest BCUT2D eigenvalue weighted by Crippen LogP contribution is -2.47. The van der Waals surface area contributed by atoms with Crippen LogP contribution >= 0.6 is 0 Å². The summed E-state index contributed by atoms with van der Waals surface area (Å²) in [6.07, 6.45) is 4.39. The smallest absolute Gasteiger partial charge is 0.410 e. The van der Waals surface area contributed by atoms with Crippen LogP contribution in [0.3, 0.4) is 0 Å². The molecule has 26 heavy (non-hydrogen) atoms. The molecule has 0 saturated carbocycles. The van der Waals surface area contributed by atoms with Crippen LogP contribution in [0.15, 0.2) is 18.5 Å². The Morgan fingerprint density at radius 1 is 1.42 bits per heavy atom. The lowest BCUT2D eigenvalue weighted by atomic mass is 10.0. The van der Waals surface area contributed by atoms with Gasteiger partial charge in [-0.2, -0.15) is 0 Å². The summed E-state index contributed by atoms with van der Waals surface area (Å²) in [4.78, 5) is 32.7. The first kappa shape index (κ1) is 18.0. The van der Waals surface area contributed by atoms with Gasteiger partial charge in [-0.15, -0.1) is 0 Å². The Labute approximate surface area is 151 Å². The maximum atomic E-state index is 12.3. The van der Waals surface area contributed by atoms with Crippen LogP contribution in [0.1, 0.15) is 44.0 Å².